The maximum absolute atomic E-state index is 12.6. The number of nitrogens with one attached hydrogen (secondary N) is 1. The van der Waals surface area contributed by atoms with Crippen LogP contribution in [0.25, 0.3) is 22.6 Å². The van der Waals surface area contributed by atoms with Crippen LogP contribution in [0.2, 0.25) is 10.0 Å². The normalized spacial score (nSPS) is 12.0. The molecule has 0 saturated carbocycles. The standard InChI is InChI=1S/C23H18Cl2N2O3/c1-13-6-8-21-19(10-13)27-23(30-21)15-4-3-5-17(11-15)26-22(28)14(2)29-20-9-7-16(24)12-18(20)25/h3-12,14H,1-2H3,(H,26,28). The number of aryl methyl sites for hydroxylation is 1. The van der Waals surface area contributed by atoms with Gasteiger partial charge in [-0.1, -0.05) is 35.3 Å². The van der Waals surface area contributed by atoms with Crippen LogP contribution in [-0.2, 0) is 4.79 Å². The van der Waals surface area contributed by atoms with Gasteiger partial charge < -0.3 is 14.5 Å². The van der Waals surface area contributed by atoms with Gasteiger partial charge in [0.2, 0.25) is 5.89 Å². The number of anilines is 1. The number of hydrogen-bond donors (Lipinski definition) is 1. The summed E-state index contributed by atoms with van der Waals surface area (Å²) >= 11 is 12.0. The number of benzene rings is 3. The van der Waals surface area contributed by atoms with Gasteiger partial charge in [0.15, 0.2) is 11.7 Å². The Morgan fingerprint density at radius 2 is 1.93 bits per heavy atom. The molecule has 0 aliphatic heterocycles. The summed E-state index contributed by atoms with van der Waals surface area (Å²) in [7, 11) is 0. The maximum atomic E-state index is 12.6. The number of carbonyl (C=O) groups excluding carboxylic acids is 1. The van der Waals surface area contributed by atoms with Crippen molar-refractivity contribution in [3.63, 3.8) is 0 Å². The van der Waals surface area contributed by atoms with Crippen LogP contribution >= 0.6 is 23.2 Å². The summed E-state index contributed by atoms with van der Waals surface area (Å²) in [5, 5.41) is 3.68. The van der Waals surface area contributed by atoms with Crippen LogP contribution in [0.1, 0.15) is 12.5 Å². The Kier molecular flexibility index (Phi) is 5.66. The summed E-state index contributed by atoms with van der Waals surface area (Å²) in [6, 6.07) is 18.0. The molecule has 0 aliphatic carbocycles. The molecule has 0 bridgehead atoms. The lowest BCUT2D eigenvalue weighted by molar-refractivity contribution is -0.122. The number of fused-ring (bicyclic) bond motifs is 1. The summed E-state index contributed by atoms with van der Waals surface area (Å²) in [5.74, 6) is 0.564. The Balaban J connectivity index is 1.49. The van der Waals surface area contributed by atoms with Gasteiger partial charge in [-0.25, -0.2) is 4.98 Å². The average molecular weight is 441 g/mol. The third-order valence-corrected chi connectivity index (χ3v) is 5.02. The fraction of sp³-hybridized carbons (Fsp3) is 0.130. The maximum Gasteiger partial charge on any atom is 0.265 e. The van der Waals surface area contributed by atoms with E-state index in [0.717, 1.165) is 16.6 Å². The minimum absolute atomic E-state index is 0.314. The molecule has 1 aromatic heterocycles. The summed E-state index contributed by atoms with van der Waals surface area (Å²) in [6.45, 7) is 3.65. The highest BCUT2D eigenvalue weighted by Crippen LogP contribution is 2.29. The van der Waals surface area contributed by atoms with E-state index < -0.39 is 6.10 Å². The van der Waals surface area contributed by atoms with Crippen molar-refractivity contribution < 1.29 is 13.9 Å². The lowest BCUT2D eigenvalue weighted by atomic mass is 10.2. The first-order chi connectivity index (χ1) is 14.4. The smallest absolute Gasteiger partial charge is 0.265 e. The highest BCUT2D eigenvalue weighted by molar-refractivity contribution is 6.35. The number of amides is 1. The number of rotatable bonds is 5. The van der Waals surface area contributed by atoms with Crippen molar-refractivity contribution in [2.75, 3.05) is 5.32 Å². The number of carbonyl (C=O) groups is 1. The largest absolute Gasteiger partial charge is 0.479 e. The van der Waals surface area contributed by atoms with E-state index in [-0.39, 0.29) is 5.91 Å². The molecule has 4 aromatic rings. The number of nitrogens with zero attached hydrogens (tertiary/aromatic N) is 1. The van der Waals surface area contributed by atoms with E-state index in [0.29, 0.717) is 33.0 Å². The molecule has 0 radical (unpaired) electrons. The van der Waals surface area contributed by atoms with Gasteiger partial charge in [-0.15, -0.1) is 0 Å². The van der Waals surface area contributed by atoms with E-state index in [1.807, 2.05) is 37.3 Å². The van der Waals surface area contributed by atoms with Crippen molar-refractivity contribution in [2.24, 2.45) is 0 Å². The molecule has 7 heteroatoms. The van der Waals surface area contributed by atoms with E-state index in [4.69, 9.17) is 32.4 Å². The second-order valence-electron chi connectivity index (χ2n) is 6.90. The molecule has 4 rings (SSSR count). The first-order valence-electron chi connectivity index (χ1n) is 9.29. The van der Waals surface area contributed by atoms with Gasteiger partial charge in [-0.05, 0) is 67.9 Å². The summed E-state index contributed by atoms with van der Waals surface area (Å²) in [6.07, 6.45) is -0.764. The molecule has 5 nitrogen and oxygen atoms in total. The number of oxazole rings is 1. The second-order valence-corrected chi connectivity index (χ2v) is 7.74. The quantitative estimate of drug-likeness (QED) is 0.383. The Bertz CT molecular complexity index is 1240. The van der Waals surface area contributed by atoms with Gasteiger partial charge in [-0.2, -0.15) is 0 Å². The Morgan fingerprint density at radius 3 is 2.73 bits per heavy atom. The van der Waals surface area contributed by atoms with Crippen molar-refractivity contribution in [3.8, 4) is 17.2 Å². The van der Waals surface area contributed by atoms with Gasteiger partial charge in [0, 0.05) is 16.3 Å². The predicted octanol–water partition coefficient (Wildman–Crippen LogP) is 6.52. The molecule has 0 fully saturated rings. The third-order valence-electron chi connectivity index (χ3n) is 4.49. The van der Waals surface area contributed by atoms with Gasteiger partial charge >= 0.3 is 0 Å². The van der Waals surface area contributed by atoms with Crippen LogP contribution in [0.4, 0.5) is 5.69 Å². The molecule has 0 aliphatic rings. The molecule has 1 N–H and O–H groups in total. The summed E-state index contributed by atoms with van der Waals surface area (Å²) < 4.78 is 11.5. The van der Waals surface area contributed by atoms with Crippen LogP contribution in [-0.4, -0.2) is 17.0 Å². The fourth-order valence-corrected chi connectivity index (χ4v) is 3.40. The zero-order chi connectivity index (χ0) is 21.3. The highest BCUT2D eigenvalue weighted by Gasteiger charge is 2.17. The molecular weight excluding hydrogens is 423 g/mol. The van der Waals surface area contributed by atoms with E-state index in [9.17, 15) is 4.79 Å². The lowest BCUT2D eigenvalue weighted by Crippen LogP contribution is -2.30. The van der Waals surface area contributed by atoms with Gasteiger partial charge in [0.1, 0.15) is 11.3 Å². The zero-order valence-corrected chi connectivity index (χ0v) is 17.8. The minimum atomic E-state index is -0.764. The molecule has 0 saturated heterocycles. The molecule has 3 aromatic carbocycles. The zero-order valence-electron chi connectivity index (χ0n) is 16.3. The van der Waals surface area contributed by atoms with E-state index in [1.54, 1.807) is 37.3 Å². The van der Waals surface area contributed by atoms with Crippen molar-refractivity contribution in [3.05, 3.63) is 76.3 Å². The second kappa shape index (κ2) is 8.38. The summed E-state index contributed by atoms with van der Waals surface area (Å²) in [4.78, 5) is 17.1. The average Bonchev–Trinajstić information content (AvgIpc) is 3.13. The van der Waals surface area contributed by atoms with Gasteiger partial charge in [0.25, 0.3) is 5.91 Å². The molecular formula is C23H18Cl2N2O3. The van der Waals surface area contributed by atoms with Gasteiger partial charge in [0.05, 0.1) is 5.02 Å². The van der Waals surface area contributed by atoms with Crippen molar-refractivity contribution in [1.82, 2.24) is 4.98 Å². The van der Waals surface area contributed by atoms with Gasteiger partial charge in [-0.3, -0.25) is 4.79 Å². The first kappa shape index (κ1) is 20.3. The number of ether oxygens (including phenoxy) is 1. The van der Waals surface area contributed by atoms with Crippen LogP contribution < -0.4 is 10.1 Å². The van der Waals surface area contributed by atoms with Crippen molar-refractivity contribution in [1.29, 1.82) is 0 Å². The highest BCUT2D eigenvalue weighted by atomic mass is 35.5. The molecule has 1 amide bonds. The number of hydrogen-bond acceptors (Lipinski definition) is 4. The van der Waals surface area contributed by atoms with E-state index in [1.165, 1.54) is 0 Å². The number of halogens is 2. The monoisotopic (exact) mass is 440 g/mol. The lowest BCUT2D eigenvalue weighted by Gasteiger charge is -2.16. The van der Waals surface area contributed by atoms with Crippen LogP contribution in [0.15, 0.2) is 65.1 Å². The molecule has 0 spiro atoms. The number of aromatic nitrogens is 1. The van der Waals surface area contributed by atoms with Crippen LogP contribution in [0.3, 0.4) is 0 Å². The Labute approximate surface area is 183 Å². The van der Waals surface area contributed by atoms with E-state index >= 15 is 0 Å². The Hall–Kier alpha value is -3.02. The van der Waals surface area contributed by atoms with Crippen LogP contribution in [0, 0.1) is 6.92 Å². The first-order valence-corrected chi connectivity index (χ1v) is 10.0. The molecule has 1 unspecified atom stereocenters. The minimum Gasteiger partial charge on any atom is -0.479 e. The molecule has 1 atom stereocenters. The summed E-state index contributed by atoms with van der Waals surface area (Å²) in [5.41, 5.74) is 3.98. The molecule has 30 heavy (non-hydrogen) atoms. The SMILES string of the molecule is Cc1ccc2oc(-c3cccc(NC(=O)C(C)Oc4ccc(Cl)cc4Cl)c3)nc2c1. The van der Waals surface area contributed by atoms with Crippen molar-refractivity contribution in [2.45, 2.75) is 20.0 Å². The van der Waals surface area contributed by atoms with E-state index in [2.05, 4.69) is 10.3 Å². The fourth-order valence-electron chi connectivity index (χ4n) is 2.95. The topological polar surface area (TPSA) is 64.4 Å². The molecule has 152 valence electrons. The predicted molar refractivity (Wildman–Crippen MR) is 119 cm³/mol. The third kappa shape index (κ3) is 4.42. The Morgan fingerprint density at radius 1 is 1.10 bits per heavy atom. The molecule has 1 heterocycles. The van der Waals surface area contributed by atoms with Crippen LogP contribution in [0.5, 0.6) is 5.75 Å². The van der Waals surface area contributed by atoms with Crippen molar-refractivity contribution >= 4 is 45.9 Å².